The van der Waals surface area contributed by atoms with E-state index in [2.05, 4.69) is 10.3 Å². The number of aromatic nitrogens is 1. The summed E-state index contributed by atoms with van der Waals surface area (Å²) in [5, 5.41) is 2.68. The van der Waals surface area contributed by atoms with E-state index in [0.717, 1.165) is 12.1 Å². The van der Waals surface area contributed by atoms with Crippen LogP contribution in [0.15, 0.2) is 10.7 Å². The second kappa shape index (κ2) is 4.64. The fourth-order valence-corrected chi connectivity index (χ4v) is 0.972. The summed E-state index contributed by atoms with van der Waals surface area (Å²) in [6, 6.07) is 0. The van der Waals surface area contributed by atoms with Crippen molar-refractivity contribution in [2.75, 3.05) is 6.54 Å². The Hall–Kier alpha value is -1.32. The largest absolute Gasteiger partial charge is 0.449 e. The van der Waals surface area contributed by atoms with E-state index in [1.54, 1.807) is 6.26 Å². The molecule has 1 rings (SSSR count). The van der Waals surface area contributed by atoms with Crippen molar-refractivity contribution in [3.8, 4) is 0 Å². The highest BCUT2D eigenvalue weighted by Gasteiger charge is 2.01. The van der Waals surface area contributed by atoms with Gasteiger partial charge in [-0.05, 0) is 6.42 Å². The smallest absolute Gasteiger partial charge is 0.216 e. The van der Waals surface area contributed by atoms with Crippen LogP contribution in [0.25, 0.3) is 0 Å². The van der Waals surface area contributed by atoms with E-state index >= 15 is 0 Å². The van der Waals surface area contributed by atoms with Gasteiger partial charge < -0.3 is 9.73 Å². The van der Waals surface area contributed by atoms with Crippen molar-refractivity contribution < 1.29 is 9.21 Å². The number of nitrogens with zero attached hydrogens (tertiary/aromatic N) is 1. The van der Waals surface area contributed by atoms with Gasteiger partial charge in [0.1, 0.15) is 6.26 Å². The molecule has 0 saturated heterocycles. The predicted molar refractivity (Wildman–Crippen MR) is 48.3 cm³/mol. The SMILES string of the molecule is CCc1coc(CCNC(C)=O)n1. The lowest BCUT2D eigenvalue weighted by Gasteiger charge is -1.96. The predicted octanol–water partition coefficient (Wildman–Crippen LogP) is 0.916. The molecule has 0 atom stereocenters. The zero-order valence-corrected chi connectivity index (χ0v) is 7.96. The molecule has 0 bridgehead atoms. The third kappa shape index (κ3) is 3.27. The summed E-state index contributed by atoms with van der Waals surface area (Å²) >= 11 is 0. The molecule has 0 aliphatic rings. The molecule has 0 aliphatic heterocycles. The highest BCUT2D eigenvalue weighted by molar-refractivity contribution is 5.72. The molecule has 0 saturated carbocycles. The van der Waals surface area contributed by atoms with E-state index in [9.17, 15) is 4.79 Å². The lowest BCUT2D eigenvalue weighted by Crippen LogP contribution is -2.22. The second-order valence-corrected chi connectivity index (χ2v) is 2.82. The third-order valence-electron chi connectivity index (χ3n) is 1.67. The van der Waals surface area contributed by atoms with Crippen LogP contribution in [0, 0.1) is 0 Å². The molecule has 0 aliphatic carbocycles. The van der Waals surface area contributed by atoms with Crippen molar-refractivity contribution in [1.29, 1.82) is 0 Å². The Morgan fingerprint density at radius 1 is 1.69 bits per heavy atom. The Balaban J connectivity index is 2.32. The molecule has 4 nitrogen and oxygen atoms in total. The van der Waals surface area contributed by atoms with Crippen LogP contribution in [-0.2, 0) is 17.6 Å². The summed E-state index contributed by atoms with van der Waals surface area (Å²) in [6.45, 7) is 4.10. The van der Waals surface area contributed by atoms with Gasteiger partial charge in [-0.15, -0.1) is 0 Å². The minimum absolute atomic E-state index is 0.0257. The summed E-state index contributed by atoms with van der Waals surface area (Å²) in [5.74, 6) is 0.660. The van der Waals surface area contributed by atoms with Crippen LogP contribution >= 0.6 is 0 Å². The van der Waals surface area contributed by atoms with E-state index in [4.69, 9.17) is 4.42 Å². The van der Waals surface area contributed by atoms with E-state index in [-0.39, 0.29) is 5.91 Å². The summed E-state index contributed by atoms with van der Waals surface area (Å²) in [5.41, 5.74) is 0.956. The van der Waals surface area contributed by atoms with Gasteiger partial charge in [-0.1, -0.05) is 6.92 Å². The minimum Gasteiger partial charge on any atom is -0.449 e. The number of hydrogen-bond acceptors (Lipinski definition) is 3. The molecule has 0 radical (unpaired) electrons. The maximum atomic E-state index is 10.5. The average molecular weight is 182 g/mol. The van der Waals surface area contributed by atoms with Gasteiger partial charge in [-0.3, -0.25) is 4.79 Å². The zero-order chi connectivity index (χ0) is 9.68. The van der Waals surface area contributed by atoms with E-state index in [0.29, 0.717) is 18.9 Å². The van der Waals surface area contributed by atoms with Crippen molar-refractivity contribution in [3.63, 3.8) is 0 Å². The number of oxazole rings is 1. The molecule has 1 N–H and O–H groups in total. The third-order valence-corrected chi connectivity index (χ3v) is 1.67. The van der Waals surface area contributed by atoms with Crippen LogP contribution in [0.2, 0.25) is 0 Å². The maximum absolute atomic E-state index is 10.5. The molecule has 13 heavy (non-hydrogen) atoms. The molecular formula is C9H14N2O2. The Labute approximate surface area is 77.3 Å². The van der Waals surface area contributed by atoms with Crippen LogP contribution in [0.3, 0.4) is 0 Å². The fraction of sp³-hybridized carbons (Fsp3) is 0.556. The molecular weight excluding hydrogens is 168 g/mol. The number of rotatable bonds is 4. The molecule has 0 spiro atoms. The number of carbonyl (C=O) groups excluding carboxylic acids is 1. The van der Waals surface area contributed by atoms with E-state index < -0.39 is 0 Å². The number of carbonyl (C=O) groups is 1. The molecule has 72 valence electrons. The zero-order valence-electron chi connectivity index (χ0n) is 7.96. The summed E-state index contributed by atoms with van der Waals surface area (Å²) < 4.78 is 5.17. The standard InChI is InChI=1S/C9H14N2O2/c1-3-8-6-13-9(11-8)4-5-10-7(2)12/h6H,3-5H2,1-2H3,(H,10,12). The minimum atomic E-state index is -0.0257. The van der Waals surface area contributed by atoms with Crippen molar-refractivity contribution in [2.45, 2.75) is 26.7 Å². The van der Waals surface area contributed by atoms with Crippen LogP contribution in [0.1, 0.15) is 25.4 Å². The molecule has 0 aromatic carbocycles. The van der Waals surface area contributed by atoms with Gasteiger partial charge in [0.2, 0.25) is 5.91 Å². The topological polar surface area (TPSA) is 55.1 Å². The van der Waals surface area contributed by atoms with Gasteiger partial charge in [-0.2, -0.15) is 0 Å². The highest BCUT2D eigenvalue weighted by Crippen LogP contribution is 2.02. The van der Waals surface area contributed by atoms with Crippen LogP contribution < -0.4 is 5.32 Å². The van der Waals surface area contributed by atoms with Gasteiger partial charge in [0.15, 0.2) is 5.89 Å². The van der Waals surface area contributed by atoms with Crippen molar-refractivity contribution in [1.82, 2.24) is 10.3 Å². The van der Waals surface area contributed by atoms with Crippen molar-refractivity contribution in [3.05, 3.63) is 17.8 Å². The van der Waals surface area contributed by atoms with Crippen molar-refractivity contribution >= 4 is 5.91 Å². The average Bonchev–Trinajstić information content (AvgIpc) is 2.52. The van der Waals surface area contributed by atoms with Gasteiger partial charge in [0.05, 0.1) is 5.69 Å². The first-order valence-corrected chi connectivity index (χ1v) is 4.40. The molecule has 0 unspecified atom stereocenters. The number of hydrogen-bond donors (Lipinski definition) is 1. The quantitative estimate of drug-likeness (QED) is 0.753. The Morgan fingerprint density at radius 2 is 2.46 bits per heavy atom. The molecule has 1 aromatic rings. The van der Waals surface area contributed by atoms with Gasteiger partial charge in [0.25, 0.3) is 0 Å². The van der Waals surface area contributed by atoms with Crippen molar-refractivity contribution in [2.24, 2.45) is 0 Å². The number of nitrogens with one attached hydrogen (secondary N) is 1. The molecule has 1 aromatic heterocycles. The van der Waals surface area contributed by atoms with Gasteiger partial charge in [-0.25, -0.2) is 4.98 Å². The molecule has 1 amide bonds. The number of amides is 1. The first-order chi connectivity index (χ1) is 6.22. The monoisotopic (exact) mass is 182 g/mol. The number of aryl methyl sites for hydroxylation is 1. The summed E-state index contributed by atoms with van der Waals surface area (Å²) in [7, 11) is 0. The fourth-order valence-electron chi connectivity index (χ4n) is 0.972. The maximum Gasteiger partial charge on any atom is 0.216 e. The molecule has 0 fully saturated rings. The van der Waals surface area contributed by atoms with Crippen LogP contribution in [0.4, 0.5) is 0 Å². The summed E-state index contributed by atoms with van der Waals surface area (Å²) in [6.07, 6.45) is 3.19. The van der Waals surface area contributed by atoms with E-state index in [1.807, 2.05) is 6.92 Å². The normalized spacial score (nSPS) is 10.0. The van der Waals surface area contributed by atoms with Crippen LogP contribution in [-0.4, -0.2) is 17.4 Å². The van der Waals surface area contributed by atoms with Gasteiger partial charge in [0, 0.05) is 19.9 Å². The van der Waals surface area contributed by atoms with Gasteiger partial charge >= 0.3 is 0 Å². The molecule has 4 heteroatoms. The lowest BCUT2D eigenvalue weighted by molar-refractivity contribution is -0.118. The Morgan fingerprint density at radius 3 is 3.00 bits per heavy atom. The summed E-state index contributed by atoms with van der Waals surface area (Å²) in [4.78, 5) is 14.7. The second-order valence-electron chi connectivity index (χ2n) is 2.82. The van der Waals surface area contributed by atoms with Crippen LogP contribution in [0.5, 0.6) is 0 Å². The lowest BCUT2D eigenvalue weighted by atomic mass is 10.4. The first-order valence-electron chi connectivity index (χ1n) is 4.40. The highest BCUT2D eigenvalue weighted by atomic mass is 16.3. The van der Waals surface area contributed by atoms with E-state index in [1.165, 1.54) is 6.92 Å². The Bertz CT molecular complexity index is 281. The molecule has 1 heterocycles. The Kier molecular flexibility index (Phi) is 3.49. The first kappa shape index (κ1) is 9.77.